The minimum Gasteiger partial charge on any atom is -0.392 e. The van der Waals surface area contributed by atoms with Crippen LogP contribution in [-0.4, -0.2) is 21.3 Å². The maximum absolute atomic E-state index is 12.6. The van der Waals surface area contributed by atoms with Crippen LogP contribution in [0.3, 0.4) is 0 Å². The van der Waals surface area contributed by atoms with Crippen molar-refractivity contribution in [1.82, 2.24) is 9.55 Å². The third kappa shape index (κ3) is 5.85. The van der Waals surface area contributed by atoms with Gasteiger partial charge in [0.25, 0.3) is 5.56 Å². The summed E-state index contributed by atoms with van der Waals surface area (Å²) in [6, 6.07) is 13.6. The summed E-state index contributed by atoms with van der Waals surface area (Å²) in [5, 5.41) is 9.22. The van der Waals surface area contributed by atoms with Crippen molar-refractivity contribution in [2.24, 2.45) is 0 Å². The lowest BCUT2D eigenvalue weighted by atomic mass is 10.0. The lowest BCUT2D eigenvalue weighted by Crippen LogP contribution is -2.36. The molecule has 1 aromatic heterocycles. The second kappa shape index (κ2) is 10.8. The van der Waals surface area contributed by atoms with Gasteiger partial charge in [-0.05, 0) is 43.5 Å². The third-order valence-corrected chi connectivity index (χ3v) is 5.16. The van der Waals surface area contributed by atoms with E-state index in [0.717, 1.165) is 27.8 Å². The molecule has 0 unspecified atom stereocenters. The van der Waals surface area contributed by atoms with Gasteiger partial charge in [0.2, 0.25) is 0 Å². The van der Waals surface area contributed by atoms with Crippen LogP contribution in [0.2, 0.25) is 0 Å². The fraction of sp³-hybridized carbons (Fsp3) is 0.308. The summed E-state index contributed by atoms with van der Waals surface area (Å²) in [5.74, 6) is 5.91. The van der Waals surface area contributed by atoms with Gasteiger partial charge in [0.05, 0.1) is 6.61 Å². The van der Waals surface area contributed by atoms with Crippen LogP contribution in [0.1, 0.15) is 46.0 Å². The molecule has 166 valence electrons. The molecule has 3 rings (SSSR count). The van der Waals surface area contributed by atoms with Gasteiger partial charge in [0, 0.05) is 23.2 Å². The molecule has 6 heteroatoms. The van der Waals surface area contributed by atoms with E-state index in [2.05, 4.69) is 35.0 Å². The molecule has 1 heterocycles. The number of aromatic amines is 1. The molecule has 0 saturated carbocycles. The fourth-order valence-corrected chi connectivity index (χ4v) is 3.80. The molecule has 0 atom stereocenters. The number of hydrogen-bond acceptors (Lipinski definition) is 4. The molecule has 0 radical (unpaired) electrons. The molecular weight excluding hydrogens is 404 g/mol. The molecule has 0 aliphatic heterocycles. The van der Waals surface area contributed by atoms with Crippen molar-refractivity contribution in [3.8, 4) is 11.8 Å². The first-order valence-electron chi connectivity index (χ1n) is 10.6. The Balaban J connectivity index is 1.82. The van der Waals surface area contributed by atoms with Crippen molar-refractivity contribution >= 4 is 0 Å². The van der Waals surface area contributed by atoms with Crippen molar-refractivity contribution in [3.05, 3.63) is 102 Å². The summed E-state index contributed by atoms with van der Waals surface area (Å²) in [5.41, 5.74) is 5.29. The monoisotopic (exact) mass is 432 g/mol. The molecule has 32 heavy (non-hydrogen) atoms. The molecule has 2 aromatic carbocycles. The number of aryl methyl sites for hydroxylation is 2. The van der Waals surface area contributed by atoms with E-state index in [1.54, 1.807) is 0 Å². The molecule has 0 fully saturated rings. The van der Waals surface area contributed by atoms with Crippen molar-refractivity contribution < 1.29 is 9.84 Å². The van der Waals surface area contributed by atoms with Gasteiger partial charge in [-0.25, -0.2) is 4.79 Å². The zero-order valence-electron chi connectivity index (χ0n) is 18.7. The maximum atomic E-state index is 12.6. The van der Waals surface area contributed by atoms with E-state index in [0.29, 0.717) is 24.1 Å². The zero-order chi connectivity index (χ0) is 23.1. The van der Waals surface area contributed by atoms with Gasteiger partial charge in [0.1, 0.15) is 13.3 Å². The number of aliphatic hydroxyl groups excluding tert-OH is 1. The SMILES string of the molecule is CCc1c(Cc2cc(C)cc(C)c2)n(COCC#Cc2cccc(CO)c2)c(=O)[nH]c1=O. The smallest absolute Gasteiger partial charge is 0.330 e. The highest BCUT2D eigenvalue weighted by Crippen LogP contribution is 2.15. The second-order valence-corrected chi connectivity index (χ2v) is 7.78. The van der Waals surface area contributed by atoms with E-state index in [4.69, 9.17) is 4.74 Å². The predicted molar refractivity (Wildman–Crippen MR) is 125 cm³/mol. The van der Waals surface area contributed by atoms with Crippen molar-refractivity contribution in [2.45, 2.75) is 47.0 Å². The third-order valence-electron chi connectivity index (χ3n) is 5.16. The summed E-state index contributed by atoms with van der Waals surface area (Å²) in [6.45, 7) is 6.04. The van der Waals surface area contributed by atoms with Gasteiger partial charge in [-0.3, -0.25) is 14.3 Å². The number of hydrogen-bond donors (Lipinski definition) is 2. The highest BCUT2D eigenvalue weighted by molar-refractivity contribution is 5.37. The minimum atomic E-state index is -0.491. The molecule has 0 amide bonds. The molecule has 0 aliphatic rings. The van der Waals surface area contributed by atoms with Gasteiger partial charge in [-0.15, -0.1) is 0 Å². The Kier molecular flexibility index (Phi) is 7.82. The molecule has 0 aliphatic carbocycles. The van der Waals surface area contributed by atoms with Crippen molar-refractivity contribution in [2.75, 3.05) is 6.61 Å². The molecule has 0 spiro atoms. The Labute approximate surface area is 187 Å². The lowest BCUT2D eigenvalue weighted by Gasteiger charge is -2.16. The number of nitrogens with one attached hydrogen (secondary N) is 1. The average molecular weight is 433 g/mol. The molecular formula is C26H28N2O4. The van der Waals surface area contributed by atoms with Crippen LogP contribution in [0, 0.1) is 25.7 Å². The molecule has 0 bridgehead atoms. The number of aromatic nitrogens is 2. The van der Waals surface area contributed by atoms with Crippen LogP contribution in [0.25, 0.3) is 0 Å². The fourth-order valence-electron chi connectivity index (χ4n) is 3.80. The second-order valence-electron chi connectivity index (χ2n) is 7.78. The quantitative estimate of drug-likeness (QED) is 0.444. The van der Waals surface area contributed by atoms with E-state index in [1.807, 2.05) is 45.0 Å². The van der Waals surface area contributed by atoms with Crippen LogP contribution in [0.15, 0.2) is 52.1 Å². The van der Waals surface area contributed by atoms with E-state index in [9.17, 15) is 14.7 Å². The summed E-state index contributed by atoms with van der Waals surface area (Å²) in [4.78, 5) is 27.4. The first kappa shape index (κ1) is 23.3. The number of benzene rings is 2. The largest absolute Gasteiger partial charge is 0.392 e. The van der Waals surface area contributed by atoms with E-state index in [1.165, 1.54) is 4.57 Å². The van der Waals surface area contributed by atoms with Gasteiger partial charge >= 0.3 is 5.69 Å². The van der Waals surface area contributed by atoms with Crippen LogP contribution >= 0.6 is 0 Å². The van der Waals surface area contributed by atoms with Crippen LogP contribution < -0.4 is 11.2 Å². The van der Waals surface area contributed by atoms with Crippen LogP contribution in [0.4, 0.5) is 0 Å². The first-order chi connectivity index (χ1) is 15.4. The predicted octanol–water partition coefficient (Wildman–Crippen LogP) is 2.82. The van der Waals surface area contributed by atoms with Crippen molar-refractivity contribution in [3.63, 3.8) is 0 Å². The summed E-state index contributed by atoms with van der Waals surface area (Å²) in [7, 11) is 0. The maximum Gasteiger partial charge on any atom is 0.330 e. The number of rotatable bonds is 7. The molecule has 6 nitrogen and oxygen atoms in total. The zero-order valence-corrected chi connectivity index (χ0v) is 18.7. The Morgan fingerprint density at radius 1 is 1.06 bits per heavy atom. The average Bonchev–Trinajstić information content (AvgIpc) is 2.75. The molecule has 3 aromatic rings. The normalized spacial score (nSPS) is 10.6. The summed E-state index contributed by atoms with van der Waals surface area (Å²) >= 11 is 0. The van der Waals surface area contributed by atoms with Crippen LogP contribution in [0.5, 0.6) is 0 Å². The highest BCUT2D eigenvalue weighted by atomic mass is 16.5. The highest BCUT2D eigenvalue weighted by Gasteiger charge is 2.14. The summed E-state index contributed by atoms with van der Waals surface area (Å²) in [6.07, 6.45) is 0.977. The minimum absolute atomic E-state index is 0.00585. The number of ether oxygens (including phenoxy) is 1. The Hall–Kier alpha value is -3.40. The van der Waals surface area contributed by atoms with Gasteiger partial charge in [-0.1, -0.05) is 60.2 Å². The van der Waals surface area contributed by atoms with Gasteiger partial charge < -0.3 is 9.84 Å². The summed E-state index contributed by atoms with van der Waals surface area (Å²) < 4.78 is 7.14. The first-order valence-corrected chi connectivity index (χ1v) is 10.6. The molecule has 2 N–H and O–H groups in total. The standard InChI is InChI=1S/C26H28N2O4/c1-4-23-24(15-22-12-18(2)11-19(3)13-22)28(26(31)27-25(23)30)17-32-10-6-9-20-7-5-8-21(14-20)16-29/h5,7-8,11-14,29H,4,10,15-17H2,1-3H3,(H,27,30,31). The van der Waals surface area contributed by atoms with E-state index in [-0.39, 0.29) is 25.5 Å². The number of aliphatic hydroxyl groups is 1. The van der Waals surface area contributed by atoms with E-state index >= 15 is 0 Å². The number of nitrogens with zero attached hydrogens (tertiary/aromatic N) is 1. The van der Waals surface area contributed by atoms with Gasteiger partial charge in [-0.2, -0.15) is 0 Å². The Bertz CT molecular complexity index is 1260. The topological polar surface area (TPSA) is 84.3 Å². The van der Waals surface area contributed by atoms with E-state index < -0.39 is 5.69 Å². The Morgan fingerprint density at radius 2 is 1.81 bits per heavy atom. The molecule has 0 saturated heterocycles. The number of H-pyrrole nitrogens is 1. The van der Waals surface area contributed by atoms with Crippen LogP contribution in [-0.2, 0) is 30.9 Å². The van der Waals surface area contributed by atoms with Gasteiger partial charge in [0.15, 0.2) is 0 Å². The Morgan fingerprint density at radius 3 is 2.50 bits per heavy atom. The van der Waals surface area contributed by atoms with Crippen molar-refractivity contribution in [1.29, 1.82) is 0 Å². The lowest BCUT2D eigenvalue weighted by molar-refractivity contribution is 0.0980.